The van der Waals surface area contributed by atoms with Crippen molar-refractivity contribution in [3.63, 3.8) is 0 Å². The number of hydrogen-bond donors (Lipinski definition) is 2. The highest BCUT2D eigenvalue weighted by molar-refractivity contribution is 6.32. The Hall–Kier alpha value is -2.75. The first-order valence-electron chi connectivity index (χ1n) is 9.09. The Balaban J connectivity index is 1.45. The van der Waals surface area contributed by atoms with Crippen LogP contribution in [0.1, 0.15) is 35.6 Å². The van der Waals surface area contributed by atoms with Crippen LogP contribution in [0.15, 0.2) is 36.4 Å². The van der Waals surface area contributed by atoms with Crippen LogP contribution in [0, 0.1) is 11.3 Å². The number of carbonyl (C=O) groups is 1. The summed E-state index contributed by atoms with van der Waals surface area (Å²) in [5.41, 5.74) is 1.30. The van der Waals surface area contributed by atoms with Crippen molar-refractivity contribution in [3.05, 3.63) is 58.1 Å². The highest BCUT2D eigenvalue weighted by Gasteiger charge is 2.51. The van der Waals surface area contributed by atoms with E-state index in [1.54, 1.807) is 30.3 Å². The zero-order valence-corrected chi connectivity index (χ0v) is 15.8. The average molecular weight is 399 g/mol. The van der Waals surface area contributed by atoms with Gasteiger partial charge < -0.3 is 19.9 Å². The van der Waals surface area contributed by atoms with E-state index in [2.05, 4.69) is 11.4 Å². The van der Waals surface area contributed by atoms with Crippen molar-refractivity contribution >= 4 is 17.5 Å². The third kappa shape index (κ3) is 3.39. The van der Waals surface area contributed by atoms with Gasteiger partial charge in [0.25, 0.3) is 0 Å². The zero-order valence-electron chi connectivity index (χ0n) is 15.1. The van der Waals surface area contributed by atoms with E-state index in [0.717, 1.165) is 18.4 Å². The molecule has 2 aromatic carbocycles. The van der Waals surface area contributed by atoms with E-state index in [-0.39, 0.29) is 12.5 Å². The van der Waals surface area contributed by atoms with E-state index in [9.17, 15) is 9.90 Å². The second-order valence-electron chi connectivity index (χ2n) is 7.03. The van der Waals surface area contributed by atoms with Gasteiger partial charge in [-0.25, -0.2) is 0 Å². The van der Waals surface area contributed by atoms with Crippen LogP contribution in [0.3, 0.4) is 0 Å². The Kier molecular flexibility index (Phi) is 4.88. The van der Waals surface area contributed by atoms with Crippen molar-refractivity contribution in [1.29, 1.82) is 5.26 Å². The van der Waals surface area contributed by atoms with Crippen LogP contribution in [-0.2, 0) is 10.2 Å². The van der Waals surface area contributed by atoms with Gasteiger partial charge in [-0.3, -0.25) is 4.79 Å². The minimum atomic E-state index is -0.932. The van der Waals surface area contributed by atoms with Crippen LogP contribution >= 0.6 is 11.6 Å². The number of ether oxygens (including phenoxy) is 2. The first-order valence-corrected chi connectivity index (χ1v) is 9.47. The normalized spacial score (nSPS) is 17.3. The quantitative estimate of drug-likeness (QED) is 0.808. The van der Waals surface area contributed by atoms with Gasteiger partial charge in [0.05, 0.1) is 28.2 Å². The summed E-state index contributed by atoms with van der Waals surface area (Å²) in [4.78, 5) is 12.8. The molecule has 1 aliphatic heterocycles. The van der Waals surface area contributed by atoms with Crippen molar-refractivity contribution < 1.29 is 19.4 Å². The van der Waals surface area contributed by atoms with Crippen molar-refractivity contribution in [2.45, 2.75) is 24.4 Å². The van der Waals surface area contributed by atoms with E-state index in [1.165, 1.54) is 0 Å². The number of nitriles is 1. The van der Waals surface area contributed by atoms with Crippen molar-refractivity contribution in [2.75, 3.05) is 19.8 Å². The number of aliphatic hydroxyl groups excluding tert-OH is 1. The number of nitrogens with one attached hydrogen (secondary N) is 1. The molecule has 1 atom stereocenters. The summed E-state index contributed by atoms with van der Waals surface area (Å²) in [6.07, 6.45) is 0.512. The van der Waals surface area contributed by atoms with Gasteiger partial charge in [0, 0.05) is 6.54 Å². The molecule has 1 unspecified atom stereocenters. The lowest BCUT2D eigenvalue weighted by atomic mass is 9.93. The van der Waals surface area contributed by atoms with Crippen molar-refractivity contribution in [2.24, 2.45) is 0 Å². The average Bonchev–Trinajstić information content (AvgIpc) is 3.54. The Labute approximate surface area is 167 Å². The third-order valence-electron chi connectivity index (χ3n) is 5.19. The van der Waals surface area contributed by atoms with Crippen LogP contribution in [-0.4, -0.2) is 30.8 Å². The van der Waals surface area contributed by atoms with Crippen LogP contribution < -0.4 is 14.8 Å². The molecule has 6 nitrogen and oxygen atoms in total. The molecule has 1 fully saturated rings. The summed E-state index contributed by atoms with van der Waals surface area (Å²) in [7, 11) is 0. The molecule has 28 heavy (non-hydrogen) atoms. The van der Waals surface area contributed by atoms with Crippen LogP contribution in [0.2, 0.25) is 5.02 Å². The molecule has 1 amide bonds. The number of nitrogens with zero attached hydrogens (tertiary/aromatic N) is 1. The maximum atomic E-state index is 12.8. The molecule has 1 aliphatic carbocycles. The van der Waals surface area contributed by atoms with E-state index in [1.807, 2.05) is 6.07 Å². The van der Waals surface area contributed by atoms with Gasteiger partial charge in [-0.1, -0.05) is 23.7 Å². The van der Waals surface area contributed by atoms with E-state index >= 15 is 0 Å². The minimum absolute atomic E-state index is 0.0501. The van der Waals surface area contributed by atoms with Crippen molar-refractivity contribution in [3.8, 4) is 17.6 Å². The number of fused-ring (bicyclic) bond motifs is 1. The zero-order chi connectivity index (χ0) is 19.7. The number of amides is 1. The molecular formula is C21H19ClN2O4. The molecule has 0 saturated heterocycles. The standard InChI is InChI=1S/C21H19ClN2O4/c22-16-9-14(10-18-19(16)28-7-6-27-18)17(25)12-24-20(26)21(4-5-21)15-3-1-2-13(8-15)11-23/h1-3,8-10,17,25H,4-7,12H2,(H,24,26). The predicted molar refractivity (Wildman–Crippen MR) is 102 cm³/mol. The van der Waals surface area contributed by atoms with Gasteiger partial charge in [0.15, 0.2) is 11.5 Å². The molecule has 1 saturated carbocycles. The lowest BCUT2D eigenvalue weighted by Crippen LogP contribution is -2.37. The third-order valence-corrected chi connectivity index (χ3v) is 5.47. The van der Waals surface area contributed by atoms with Gasteiger partial charge in [0.2, 0.25) is 5.91 Å². The van der Waals surface area contributed by atoms with Gasteiger partial charge in [-0.05, 0) is 48.2 Å². The lowest BCUT2D eigenvalue weighted by Gasteiger charge is -2.22. The number of rotatable bonds is 5. The smallest absolute Gasteiger partial charge is 0.230 e. The monoisotopic (exact) mass is 398 g/mol. The molecule has 144 valence electrons. The van der Waals surface area contributed by atoms with Gasteiger partial charge >= 0.3 is 0 Å². The summed E-state index contributed by atoms with van der Waals surface area (Å²) < 4.78 is 11.0. The molecule has 4 rings (SSSR count). The Morgan fingerprint density at radius 2 is 2.07 bits per heavy atom. The molecular weight excluding hydrogens is 380 g/mol. The molecule has 0 bridgehead atoms. The summed E-state index contributed by atoms with van der Waals surface area (Å²) >= 11 is 6.22. The lowest BCUT2D eigenvalue weighted by molar-refractivity contribution is -0.124. The largest absolute Gasteiger partial charge is 0.486 e. The molecule has 2 N–H and O–H groups in total. The highest BCUT2D eigenvalue weighted by atomic mass is 35.5. The Bertz CT molecular complexity index is 965. The second kappa shape index (κ2) is 7.34. The summed E-state index contributed by atoms with van der Waals surface area (Å²) in [6.45, 7) is 0.901. The second-order valence-corrected chi connectivity index (χ2v) is 7.43. The highest BCUT2D eigenvalue weighted by Crippen LogP contribution is 2.48. The summed E-state index contributed by atoms with van der Waals surface area (Å²) in [5.74, 6) is 0.818. The Morgan fingerprint density at radius 1 is 1.29 bits per heavy atom. The Morgan fingerprint density at radius 3 is 2.82 bits per heavy atom. The topological polar surface area (TPSA) is 91.6 Å². The minimum Gasteiger partial charge on any atom is -0.486 e. The molecule has 2 aliphatic rings. The van der Waals surface area contributed by atoms with Gasteiger partial charge in [-0.2, -0.15) is 5.26 Å². The number of benzene rings is 2. The van der Waals surface area contributed by atoms with E-state index < -0.39 is 11.5 Å². The molecule has 2 aromatic rings. The fourth-order valence-electron chi connectivity index (χ4n) is 3.46. The number of carbonyl (C=O) groups excluding carboxylic acids is 1. The van der Waals surface area contributed by atoms with Gasteiger partial charge in [-0.15, -0.1) is 0 Å². The number of hydrogen-bond acceptors (Lipinski definition) is 5. The first kappa shape index (κ1) is 18.6. The van der Waals surface area contributed by atoms with Crippen LogP contribution in [0.25, 0.3) is 0 Å². The van der Waals surface area contributed by atoms with E-state index in [0.29, 0.717) is 40.9 Å². The molecule has 0 aromatic heterocycles. The van der Waals surface area contributed by atoms with Gasteiger partial charge in [0.1, 0.15) is 13.2 Å². The molecule has 7 heteroatoms. The number of halogens is 1. The molecule has 1 heterocycles. The fourth-order valence-corrected chi connectivity index (χ4v) is 3.73. The molecule has 0 spiro atoms. The summed E-state index contributed by atoms with van der Waals surface area (Å²) in [5, 5.41) is 22.8. The number of aliphatic hydroxyl groups is 1. The summed E-state index contributed by atoms with van der Waals surface area (Å²) in [6, 6.07) is 12.5. The first-order chi connectivity index (χ1) is 13.5. The predicted octanol–water partition coefficient (Wildman–Crippen LogP) is 2.86. The van der Waals surface area contributed by atoms with Crippen LogP contribution in [0.4, 0.5) is 0 Å². The fraction of sp³-hybridized carbons (Fsp3) is 0.333. The SMILES string of the molecule is N#Cc1cccc(C2(C(=O)NCC(O)c3cc(Cl)c4c(c3)OCCO4)CC2)c1. The van der Waals surface area contributed by atoms with Crippen molar-refractivity contribution in [1.82, 2.24) is 5.32 Å². The maximum Gasteiger partial charge on any atom is 0.230 e. The van der Waals surface area contributed by atoms with E-state index in [4.69, 9.17) is 26.3 Å². The van der Waals surface area contributed by atoms with Crippen LogP contribution in [0.5, 0.6) is 11.5 Å². The molecule has 0 radical (unpaired) electrons. The maximum absolute atomic E-state index is 12.8.